The Hall–Kier alpha value is -15.1. The van der Waals surface area contributed by atoms with E-state index in [1.807, 2.05) is 0 Å². The molecule has 0 saturated heterocycles. The van der Waals surface area contributed by atoms with Crippen molar-refractivity contribution >= 4 is 159 Å². The number of carbonyl (C=O) groups excluding carboxylic acids is 4. The number of halogens is 8. The maximum Gasteiger partial charge on any atom is 0.339 e. The van der Waals surface area contributed by atoms with Gasteiger partial charge >= 0.3 is 23.9 Å². The molecule has 0 fully saturated rings. The number of benzene rings is 12. The molecule has 624 valence electrons. The standard InChI is InChI=1S/4C23H15F2NO4S/c1-11-8-9-14(20(25)19(11)24)21-18(23(29)30)15(10-31-21)26-22(28)13-6-2-4-12-5-3-7-16(27)17(12)13;1-11-6-8-14(20(25)19(11)24)21-18(23(29)30)15(10-31-21)26-22(28)17-13-5-3-2-4-12(13)7-9-16(17)27;1-11-6-8-14(19(25)18(11)24)21-17(23(29)30)16(10-31-21)26-22(28)15-9-7-12-4-2-3-5-13(12)20(15)27;1-11-6-7-14(20(25)19(11)24)21-18(23(29)30)16(10-31-21)26-22(28)15-8-12-4-2-3-5-13(12)9-17(15)27/h4*2-10,27H,1H3,(H,26,28)(H,29,30). The van der Waals surface area contributed by atoms with Crippen LogP contribution >= 0.6 is 45.3 Å². The smallest absolute Gasteiger partial charge is 0.339 e. The molecule has 4 aromatic heterocycles. The fourth-order valence-corrected chi connectivity index (χ4v) is 17.4. The average molecular weight is 1760 g/mol. The molecule has 4 heterocycles. The van der Waals surface area contributed by atoms with Crippen LogP contribution in [0.3, 0.4) is 0 Å². The van der Waals surface area contributed by atoms with Gasteiger partial charge in [0.2, 0.25) is 0 Å². The van der Waals surface area contributed by atoms with Gasteiger partial charge in [-0.2, -0.15) is 0 Å². The van der Waals surface area contributed by atoms with Gasteiger partial charge in [-0.3, -0.25) is 19.2 Å². The second-order valence-electron chi connectivity index (χ2n) is 27.4. The summed E-state index contributed by atoms with van der Waals surface area (Å²) >= 11 is 3.48. The van der Waals surface area contributed by atoms with Gasteiger partial charge < -0.3 is 62.1 Å². The molecular weight excluding hydrogens is 1700 g/mol. The van der Waals surface area contributed by atoms with Crippen molar-refractivity contribution in [2.24, 2.45) is 0 Å². The minimum atomic E-state index is -1.41. The Balaban J connectivity index is 0.000000142. The van der Waals surface area contributed by atoms with Crippen LogP contribution in [0.2, 0.25) is 0 Å². The summed E-state index contributed by atoms with van der Waals surface area (Å²) in [6.45, 7) is 5.60. The van der Waals surface area contributed by atoms with Crippen LogP contribution in [0, 0.1) is 74.2 Å². The SMILES string of the molecule is Cc1ccc(-c2scc(NC(=O)c3c(O)ccc4ccccc34)c2C(=O)O)c(F)c1F.Cc1ccc(-c2scc(NC(=O)c3cc4ccccc4cc3O)c2C(=O)O)c(F)c1F.Cc1ccc(-c2scc(NC(=O)c3ccc4ccccc4c3O)c2C(=O)O)c(F)c1F.Cc1ccc(-c2scc(NC(=O)c3cccc4cccc(O)c34)c2C(=O)O)c(F)c1F. The van der Waals surface area contributed by atoms with E-state index in [-0.39, 0.29) is 154 Å². The van der Waals surface area contributed by atoms with Gasteiger partial charge in [0.25, 0.3) is 23.6 Å². The molecule has 0 aliphatic rings. The first-order valence-electron chi connectivity index (χ1n) is 36.4. The molecule has 0 saturated carbocycles. The highest BCUT2D eigenvalue weighted by atomic mass is 32.1. The average Bonchev–Trinajstić information content (AvgIpc) is 1.64. The molecular formula is C92H60F8N4O16S4. The van der Waals surface area contributed by atoms with Crippen molar-refractivity contribution in [3.05, 3.63) is 329 Å². The molecule has 12 aromatic carbocycles. The largest absolute Gasteiger partial charge is 0.507 e. The van der Waals surface area contributed by atoms with Crippen molar-refractivity contribution in [3.63, 3.8) is 0 Å². The number of thiophene rings is 4. The number of phenolic OH excluding ortho intramolecular Hbond substituents is 4. The number of anilines is 4. The highest BCUT2D eigenvalue weighted by Gasteiger charge is 2.32. The third-order valence-corrected chi connectivity index (χ3v) is 23.7. The fraction of sp³-hybridized carbons (Fsp3) is 0.0435. The van der Waals surface area contributed by atoms with Gasteiger partial charge in [-0.1, -0.05) is 158 Å². The lowest BCUT2D eigenvalue weighted by Gasteiger charge is -2.11. The number of hydrogen-bond acceptors (Lipinski definition) is 16. The Morgan fingerprint density at radius 1 is 0.274 bits per heavy atom. The predicted molar refractivity (Wildman–Crippen MR) is 460 cm³/mol. The highest BCUT2D eigenvalue weighted by Crippen LogP contribution is 2.45. The van der Waals surface area contributed by atoms with Crippen LogP contribution in [0.25, 0.3) is 84.9 Å². The zero-order chi connectivity index (χ0) is 89.1. The number of carboxylic acids is 4. The molecule has 0 radical (unpaired) electrons. The molecule has 32 heteroatoms. The summed E-state index contributed by atoms with van der Waals surface area (Å²) in [5.41, 5.74) is -2.13. The van der Waals surface area contributed by atoms with Crippen LogP contribution in [0.5, 0.6) is 23.0 Å². The summed E-state index contributed by atoms with van der Waals surface area (Å²) in [5, 5.41) is 100. The predicted octanol–water partition coefficient (Wildman–Crippen LogP) is 23.2. The van der Waals surface area contributed by atoms with Crippen molar-refractivity contribution in [2.45, 2.75) is 27.7 Å². The van der Waals surface area contributed by atoms with Crippen LogP contribution < -0.4 is 21.3 Å². The molecule has 124 heavy (non-hydrogen) atoms. The van der Waals surface area contributed by atoms with Crippen LogP contribution in [-0.2, 0) is 0 Å². The molecule has 12 N–H and O–H groups in total. The minimum absolute atomic E-state index is 0.0139. The van der Waals surface area contributed by atoms with E-state index in [0.29, 0.717) is 32.3 Å². The normalized spacial score (nSPS) is 10.9. The third kappa shape index (κ3) is 17.2. The molecule has 0 aliphatic carbocycles. The topological polar surface area (TPSA) is 347 Å². The van der Waals surface area contributed by atoms with Crippen molar-refractivity contribution in [2.75, 3.05) is 21.3 Å². The van der Waals surface area contributed by atoms with Crippen molar-refractivity contribution in [1.29, 1.82) is 0 Å². The number of aromatic hydroxyl groups is 4. The van der Waals surface area contributed by atoms with Crippen LogP contribution in [0.1, 0.15) is 105 Å². The van der Waals surface area contributed by atoms with Gasteiger partial charge in [-0.05, 0) is 119 Å². The number of carboxylic acid groups (broad SMARTS) is 4. The van der Waals surface area contributed by atoms with E-state index in [0.717, 1.165) is 56.1 Å². The van der Waals surface area contributed by atoms with Crippen LogP contribution in [0.15, 0.2) is 216 Å². The zero-order valence-corrected chi connectivity index (χ0v) is 67.6. The summed E-state index contributed by atoms with van der Waals surface area (Å²) in [6.07, 6.45) is 0. The van der Waals surface area contributed by atoms with Gasteiger partial charge in [-0.25, -0.2) is 54.3 Å². The van der Waals surface area contributed by atoms with E-state index in [4.69, 9.17) is 0 Å². The highest BCUT2D eigenvalue weighted by molar-refractivity contribution is 7.15. The summed E-state index contributed by atoms with van der Waals surface area (Å²) in [6, 6.07) is 50.3. The fourth-order valence-electron chi connectivity index (χ4n) is 13.3. The maximum atomic E-state index is 14.5. The zero-order valence-electron chi connectivity index (χ0n) is 64.3. The Morgan fingerprint density at radius 3 is 1.00 bits per heavy atom. The number of hydrogen-bond donors (Lipinski definition) is 12. The third-order valence-electron chi connectivity index (χ3n) is 19.6. The molecule has 20 nitrogen and oxygen atoms in total. The Bertz CT molecular complexity index is 6980. The van der Waals surface area contributed by atoms with E-state index >= 15 is 0 Å². The molecule has 0 spiro atoms. The molecule has 16 aromatic rings. The number of rotatable bonds is 16. The number of aryl methyl sites for hydroxylation is 4. The van der Waals surface area contributed by atoms with E-state index in [1.165, 1.54) is 134 Å². The van der Waals surface area contributed by atoms with Crippen molar-refractivity contribution < 1.29 is 114 Å². The lowest BCUT2D eigenvalue weighted by Crippen LogP contribution is -2.14. The monoisotopic (exact) mass is 1760 g/mol. The quantitative estimate of drug-likeness (QED) is 0.0400. The van der Waals surface area contributed by atoms with Crippen LogP contribution in [0.4, 0.5) is 57.9 Å². The summed E-state index contributed by atoms with van der Waals surface area (Å²) in [5.74, 6) is -18.2. The van der Waals surface area contributed by atoms with E-state index in [1.54, 1.807) is 109 Å². The lowest BCUT2D eigenvalue weighted by atomic mass is 10.0. The molecule has 4 amide bonds. The molecule has 0 aliphatic heterocycles. The van der Waals surface area contributed by atoms with Gasteiger partial charge in [-0.15, -0.1) is 45.3 Å². The molecule has 0 bridgehead atoms. The van der Waals surface area contributed by atoms with Gasteiger partial charge in [0.1, 0.15) is 45.3 Å². The molecule has 0 unspecified atom stereocenters. The number of aromatic carboxylic acids is 4. The van der Waals surface area contributed by atoms with E-state index < -0.39 is 94.0 Å². The second kappa shape index (κ2) is 36.1. The number of nitrogens with one attached hydrogen (secondary N) is 4. The van der Waals surface area contributed by atoms with Gasteiger partial charge in [0, 0.05) is 54.5 Å². The number of fused-ring (bicyclic) bond motifs is 4. The summed E-state index contributed by atoms with van der Waals surface area (Å²) in [4.78, 5) is 98.9. The summed E-state index contributed by atoms with van der Waals surface area (Å²) < 4.78 is 114. The molecule has 16 rings (SSSR count). The number of phenols is 4. The second-order valence-corrected chi connectivity index (χ2v) is 31.0. The Kier molecular flexibility index (Phi) is 25.2. The van der Waals surface area contributed by atoms with E-state index in [9.17, 15) is 114 Å². The maximum absolute atomic E-state index is 14.5. The van der Waals surface area contributed by atoms with Crippen molar-refractivity contribution in [1.82, 2.24) is 0 Å². The lowest BCUT2D eigenvalue weighted by molar-refractivity contribution is 0.0688. The van der Waals surface area contributed by atoms with Gasteiger partial charge in [0.15, 0.2) is 46.5 Å². The van der Waals surface area contributed by atoms with Crippen LogP contribution in [-0.4, -0.2) is 88.4 Å². The minimum Gasteiger partial charge on any atom is -0.507 e. The Labute approximate surface area is 711 Å². The molecule has 0 atom stereocenters. The first-order chi connectivity index (χ1) is 59.1. The Morgan fingerprint density at radius 2 is 0.597 bits per heavy atom. The first-order valence-corrected chi connectivity index (χ1v) is 40.0. The van der Waals surface area contributed by atoms with Crippen molar-refractivity contribution in [3.8, 4) is 64.8 Å². The number of carbonyl (C=O) groups is 8. The van der Waals surface area contributed by atoms with Gasteiger partial charge in [0.05, 0.1) is 64.5 Å². The first kappa shape index (κ1) is 86.7. The summed E-state index contributed by atoms with van der Waals surface area (Å²) in [7, 11) is 0. The van der Waals surface area contributed by atoms with E-state index in [2.05, 4.69) is 21.3 Å². The number of amides is 4.